The molecule has 0 aliphatic heterocycles. The number of anilines is 2. The van der Waals surface area contributed by atoms with Crippen molar-refractivity contribution >= 4 is 23.4 Å². The number of hydroxylamine groups is 1. The number of hydrogen-bond donors (Lipinski definition) is 5. The quantitative estimate of drug-likeness (QED) is 0.0960. The van der Waals surface area contributed by atoms with Crippen molar-refractivity contribution in [3.63, 3.8) is 0 Å². The van der Waals surface area contributed by atoms with Crippen molar-refractivity contribution in [2.75, 3.05) is 43.3 Å². The van der Waals surface area contributed by atoms with Crippen LogP contribution in [0.1, 0.15) is 61.0 Å². The van der Waals surface area contributed by atoms with Gasteiger partial charge < -0.3 is 40.3 Å². The first-order valence-electron chi connectivity index (χ1n) is 15.2. The van der Waals surface area contributed by atoms with E-state index in [1.54, 1.807) is 36.4 Å². The normalized spacial score (nSPS) is 11.6. The van der Waals surface area contributed by atoms with Crippen molar-refractivity contribution in [1.82, 2.24) is 5.32 Å². The third kappa shape index (κ3) is 12.9. The molecule has 244 valence electrons. The zero-order valence-electron chi connectivity index (χ0n) is 26.0. The molecule has 5 N–H and O–H groups in total. The average molecular weight is 624 g/mol. The molecule has 0 bridgehead atoms. The Labute approximate surface area is 264 Å². The molecule has 0 spiro atoms. The number of benzene rings is 3. The van der Waals surface area contributed by atoms with Crippen LogP contribution in [-0.2, 0) is 32.3 Å². The maximum absolute atomic E-state index is 12.9. The van der Waals surface area contributed by atoms with Gasteiger partial charge in [-0.25, -0.2) is 9.59 Å². The summed E-state index contributed by atoms with van der Waals surface area (Å²) in [7, 11) is 0. The largest absolute Gasteiger partial charge is 0.508 e. The van der Waals surface area contributed by atoms with Gasteiger partial charge in [0.25, 0.3) is 0 Å². The topological polar surface area (TPSA) is 150 Å². The first-order valence-corrected chi connectivity index (χ1v) is 15.2. The Bertz CT molecular complexity index is 1350. The van der Waals surface area contributed by atoms with Crippen molar-refractivity contribution in [3.05, 3.63) is 89.0 Å². The van der Waals surface area contributed by atoms with E-state index in [4.69, 9.17) is 14.3 Å². The number of rotatable bonds is 18. The molecule has 45 heavy (non-hydrogen) atoms. The van der Waals surface area contributed by atoms with Crippen molar-refractivity contribution < 1.29 is 39.2 Å². The standard InChI is InChI=1S/C34H45N3O8/c1-25-9-7-11-30(19-25)36-34(42)37(45-26(2)39)31-12-8-10-27(20-31)24-44-18-17-43-16-6-4-3-5-15-35-22-33(41)28-13-14-32(40)29(21-28)23-38/h7-14,19-21,33,35,38,40-41H,3-6,15-18,22-24H2,1-2H3,(H,36,42). The smallest absolute Gasteiger partial charge is 0.359 e. The van der Waals surface area contributed by atoms with Crippen LogP contribution in [0.25, 0.3) is 0 Å². The summed E-state index contributed by atoms with van der Waals surface area (Å²) in [5.41, 5.74) is 3.84. The summed E-state index contributed by atoms with van der Waals surface area (Å²) in [6, 6.07) is 18.5. The Balaban J connectivity index is 1.26. The number of hydrogen-bond acceptors (Lipinski definition) is 9. The number of aliphatic hydroxyl groups is 2. The lowest BCUT2D eigenvalue weighted by atomic mass is 10.1. The second-order valence-corrected chi connectivity index (χ2v) is 10.7. The molecular weight excluding hydrogens is 578 g/mol. The lowest BCUT2D eigenvalue weighted by Gasteiger charge is -2.21. The molecule has 11 nitrogen and oxygen atoms in total. The van der Waals surface area contributed by atoms with Gasteiger partial charge in [0.2, 0.25) is 0 Å². The summed E-state index contributed by atoms with van der Waals surface area (Å²) in [5.74, 6) is -0.599. The van der Waals surface area contributed by atoms with Crippen LogP contribution >= 0.6 is 0 Å². The molecule has 0 aliphatic rings. The van der Waals surface area contributed by atoms with Gasteiger partial charge >= 0.3 is 12.0 Å². The van der Waals surface area contributed by atoms with Gasteiger partial charge in [-0.15, -0.1) is 5.06 Å². The van der Waals surface area contributed by atoms with Crippen LogP contribution in [0.4, 0.5) is 16.2 Å². The van der Waals surface area contributed by atoms with E-state index in [0.29, 0.717) is 55.5 Å². The second-order valence-electron chi connectivity index (χ2n) is 10.7. The number of aryl methyl sites for hydroxylation is 1. The number of carbonyl (C=O) groups excluding carboxylic acids is 2. The first kappa shape index (κ1) is 35.5. The molecular formula is C34H45N3O8. The summed E-state index contributed by atoms with van der Waals surface area (Å²) in [5, 5.41) is 36.1. The lowest BCUT2D eigenvalue weighted by Crippen LogP contribution is -2.36. The van der Waals surface area contributed by atoms with Crippen LogP contribution in [0, 0.1) is 6.92 Å². The van der Waals surface area contributed by atoms with E-state index >= 15 is 0 Å². The van der Waals surface area contributed by atoms with E-state index in [2.05, 4.69) is 10.6 Å². The highest BCUT2D eigenvalue weighted by Crippen LogP contribution is 2.23. The molecule has 3 aromatic rings. The van der Waals surface area contributed by atoms with E-state index in [-0.39, 0.29) is 12.4 Å². The Morgan fingerprint density at radius 1 is 0.911 bits per heavy atom. The number of nitrogens with one attached hydrogen (secondary N) is 2. The number of aliphatic hydroxyl groups excluding tert-OH is 2. The van der Waals surface area contributed by atoms with Gasteiger partial charge in [-0.3, -0.25) is 0 Å². The van der Waals surface area contributed by atoms with Crippen molar-refractivity contribution in [3.8, 4) is 5.75 Å². The maximum Gasteiger partial charge on any atom is 0.359 e. The Morgan fingerprint density at radius 3 is 2.47 bits per heavy atom. The second kappa shape index (κ2) is 19.4. The summed E-state index contributed by atoms with van der Waals surface area (Å²) in [4.78, 5) is 29.8. The monoisotopic (exact) mass is 623 g/mol. The van der Waals surface area contributed by atoms with Gasteiger partial charge in [-0.1, -0.05) is 43.2 Å². The SMILES string of the molecule is CC(=O)ON(C(=O)Nc1cccc(C)c1)c1cccc(COCCOCCCCCCNCC(O)c2ccc(O)c(CO)c2)c1. The minimum atomic E-state index is -0.707. The fourth-order valence-corrected chi connectivity index (χ4v) is 4.52. The molecule has 1 unspecified atom stereocenters. The number of aromatic hydroxyl groups is 1. The molecule has 0 heterocycles. The minimum absolute atomic E-state index is 0.0209. The molecule has 0 fully saturated rings. The Morgan fingerprint density at radius 2 is 1.69 bits per heavy atom. The fourth-order valence-electron chi connectivity index (χ4n) is 4.52. The van der Waals surface area contributed by atoms with Gasteiger partial charge in [0, 0.05) is 31.3 Å². The van der Waals surface area contributed by atoms with Gasteiger partial charge in [0.15, 0.2) is 0 Å². The molecule has 0 aromatic heterocycles. The molecule has 0 radical (unpaired) electrons. The summed E-state index contributed by atoms with van der Waals surface area (Å²) in [6.07, 6.45) is 3.29. The van der Waals surface area contributed by atoms with Crippen molar-refractivity contribution in [2.24, 2.45) is 0 Å². The first-order chi connectivity index (χ1) is 21.8. The maximum atomic E-state index is 12.9. The van der Waals surface area contributed by atoms with E-state index < -0.39 is 18.1 Å². The molecule has 3 rings (SSSR count). The Kier molecular flexibility index (Phi) is 15.3. The number of amides is 2. The van der Waals surface area contributed by atoms with E-state index in [1.165, 1.54) is 13.0 Å². The van der Waals surface area contributed by atoms with Crippen LogP contribution in [-0.4, -0.2) is 60.2 Å². The molecule has 11 heteroatoms. The van der Waals surface area contributed by atoms with Gasteiger partial charge in [-0.05, 0) is 79.4 Å². The van der Waals surface area contributed by atoms with Gasteiger partial charge in [0.1, 0.15) is 5.75 Å². The molecule has 0 aliphatic carbocycles. The summed E-state index contributed by atoms with van der Waals surface area (Å²) in [6.45, 7) is 5.90. The molecule has 2 amide bonds. The fraction of sp³-hybridized carbons (Fsp3) is 0.412. The summed E-state index contributed by atoms with van der Waals surface area (Å²) < 4.78 is 11.4. The highest BCUT2D eigenvalue weighted by atomic mass is 16.7. The van der Waals surface area contributed by atoms with Crippen LogP contribution in [0.5, 0.6) is 5.75 Å². The Hall–Kier alpha value is -4.00. The number of phenols is 1. The van der Waals surface area contributed by atoms with Crippen molar-refractivity contribution in [1.29, 1.82) is 0 Å². The van der Waals surface area contributed by atoms with E-state index in [0.717, 1.165) is 48.4 Å². The average Bonchev–Trinajstić information content (AvgIpc) is 3.02. The number of unbranched alkanes of at least 4 members (excludes halogenated alkanes) is 3. The van der Waals surface area contributed by atoms with E-state index in [9.17, 15) is 24.9 Å². The number of nitrogens with zero attached hydrogens (tertiary/aromatic N) is 1. The number of carbonyl (C=O) groups is 2. The van der Waals surface area contributed by atoms with Crippen molar-refractivity contribution in [2.45, 2.75) is 58.8 Å². The minimum Gasteiger partial charge on any atom is -0.508 e. The van der Waals surface area contributed by atoms with Gasteiger partial charge in [0.05, 0.1) is 38.2 Å². The highest BCUT2D eigenvalue weighted by molar-refractivity contribution is 6.01. The lowest BCUT2D eigenvalue weighted by molar-refractivity contribution is -0.141. The van der Waals surface area contributed by atoms with Crippen LogP contribution in [0.2, 0.25) is 0 Å². The number of urea groups is 1. The highest BCUT2D eigenvalue weighted by Gasteiger charge is 2.20. The predicted octanol–water partition coefficient (Wildman–Crippen LogP) is 5.13. The zero-order valence-corrected chi connectivity index (χ0v) is 26.0. The molecule has 1 atom stereocenters. The number of ether oxygens (including phenoxy) is 2. The van der Waals surface area contributed by atoms with Crippen LogP contribution in [0.15, 0.2) is 66.7 Å². The third-order valence-electron chi connectivity index (χ3n) is 6.85. The van der Waals surface area contributed by atoms with Gasteiger partial charge in [-0.2, -0.15) is 0 Å². The van der Waals surface area contributed by atoms with Crippen LogP contribution < -0.4 is 15.7 Å². The molecule has 0 saturated carbocycles. The van der Waals surface area contributed by atoms with E-state index in [1.807, 2.05) is 31.2 Å². The summed E-state index contributed by atoms with van der Waals surface area (Å²) >= 11 is 0. The third-order valence-corrected chi connectivity index (χ3v) is 6.85. The molecule has 3 aromatic carbocycles. The molecule has 0 saturated heterocycles. The predicted molar refractivity (Wildman–Crippen MR) is 172 cm³/mol. The van der Waals surface area contributed by atoms with Crippen LogP contribution in [0.3, 0.4) is 0 Å². The zero-order chi connectivity index (χ0) is 32.4.